The molecule has 0 aliphatic heterocycles. The van der Waals surface area contributed by atoms with Gasteiger partial charge in [-0.1, -0.05) is 6.92 Å². The Balaban J connectivity index is 2.33. The molecule has 2 aromatic rings. The van der Waals surface area contributed by atoms with Crippen molar-refractivity contribution in [3.63, 3.8) is 0 Å². The Morgan fingerprint density at radius 1 is 1.48 bits per heavy atom. The molecule has 2 rings (SSSR count). The van der Waals surface area contributed by atoms with E-state index in [4.69, 9.17) is 9.52 Å². The molecular formula is C16H20FNO3. The number of carbonyl (C=O) groups excluding carboxylic acids is 1. The predicted molar refractivity (Wildman–Crippen MR) is 78.8 cm³/mol. The molecule has 4 nitrogen and oxygen atoms in total. The third kappa shape index (κ3) is 3.08. The maximum atomic E-state index is 13.3. The Labute approximate surface area is 122 Å². The van der Waals surface area contributed by atoms with Crippen LogP contribution in [0.4, 0.5) is 4.39 Å². The molecule has 1 atom stereocenters. The minimum Gasteiger partial charge on any atom is -0.451 e. The van der Waals surface area contributed by atoms with Crippen molar-refractivity contribution < 1.29 is 18.7 Å². The molecule has 21 heavy (non-hydrogen) atoms. The molecule has 0 saturated heterocycles. The van der Waals surface area contributed by atoms with Gasteiger partial charge < -0.3 is 14.8 Å². The van der Waals surface area contributed by atoms with Crippen molar-refractivity contribution in [2.45, 2.75) is 39.2 Å². The van der Waals surface area contributed by atoms with Crippen molar-refractivity contribution in [2.75, 3.05) is 6.61 Å². The number of hydrogen-bond donors (Lipinski definition) is 2. The monoisotopic (exact) mass is 293 g/mol. The van der Waals surface area contributed by atoms with Crippen LogP contribution in [-0.4, -0.2) is 23.2 Å². The van der Waals surface area contributed by atoms with Gasteiger partial charge in [0.15, 0.2) is 5.76 Å². The number of amides is 1. The van der Waals surface area contributed by atoms with Crippen LogP contribution in [0.25, 0.3) is 11.0 Å². The second kappa shape index (κ2) is 5.85. The summed E-state index contributed by atoms with van der Waals surface area (Å²) in [6.45, 7) is 5.54. The molecule has 0 radical (unpaired) electrons. The Hall–Kier alpha value is -1.88. The summed E-state index contributed by atoms with van der Waals surface area (Å²) >= 11 is 0. The van der Waals surface area contributed by atoms with E-state index >= 15 is 0 Å². The molecule has 114 valence electrons. The topological polar surface area (TPSA) is 62.5 Å². The highest BCUT2D eigenvalue weighted by Gasteiger charge is 2.27. The third-order valence-corrected chi connectivity index (χ3v) is 3.96. The minimum atomic E-state index is -0.498. The molecular weight excluding hydrogens is 273 g/mol. The summed E-state index contributed by atoms with van der Waals surface area (Å²) in [5.74, 6) is -0.521. The number of nitrogens with one attached hydrogen (secondary N) is 1. The Bertz CT molecular complexity index is 665. The largest absolute Gasteiger partial charge is 0.451 e. The van der Waals surface area contributed by atoms with E-state index in [1.807, 2.05) is 13.8 Å². The van der Waals surface area contributed by atoms with E-state index in [2.05, 4.69) is 5.32 Å². The number of carbonyl (C=O) groups is 1. The van der Waals surface area contributed by atoms with Crippen molar-refractivity contribution in [1.82, 2.24) is 5.32 Å². The van der Waals surface area contributed by atoms with Crippen molar-refractivity contribution in [3.05, 3.63) is 35.3 Å². The van der Waals surface area contributed by atoms with Gasteiger partial charge in [0.1, 0.15) is 11.4 Å². The molecule has 0 fully saturated rings. The van der Waals surface area contributed by atoms with Crippen LogP contribution >= 0.6 is 0 Å². The first-order valence-corrected chi connectivity index (χ1v) is 7.02. The molecule has 0 aliphatic carbocycles. The van der Waals surface area contributed by atoms with E-state index in [-0.39, 0.29) is 24.1 Å². The van der Waals surface area contributed by atoms with Crippen LogP contribution in [0.2, 0.25) is 0 Å². The van der Waals surface area contributed by atoms with Gasteiger partial charge in [0.05, 0.1) is 0 Å². The van der Waals surface area contributed by atoms with Gasteiger partial charge in [-0.25, -0.2) is 4.39 Å². The van der Waals surface area contributed by atoms with Crippen molar-refractivity contribution in [3.8, 4) is 0 Å². The van der Waals surface area contributed by atoms with Gasteiger partial charge in [-0.2, -0.15) is 0 Å². The Morgan fingerprint density at radius 2 is 2.19 bits per heavy atom. The first-order chi connectivity index (χ1) is 9.90. The average Bonchev–Trinajstić information content (AvgIpc) is 2.76. The van der Waals surface area contributed by atoms with Crippen LogP contribution < -0.4 is 5.32 Å². The number of halogens is 1. The lowest BCUT2D eigenvalue weighted by molar-refractivity contribution is 0.0859. The molecule has 1 amide bonds. The van der Waals surface area contributed by atoms with E-state index in [1.165, 1.54) is 18.2 Å². The van der Waals surface area contributed by atoms with Gasteiger partial charge in [-0.15, -0.1) is 0 Å². The van der Waals surface area contributed by atoms with Crippen LogP contribution in [0.5, 0.6) is 0 Å². The van der Waals surface area contributed by atoms with Crippen LogP contribution in [0.3, 0.4) is 0 Å². The zero-order valence-electron chi connectivity index (χ0n) is 12.5. The standard InChI is InChI=1S/C16H20FNO3/c1-4-16(3,7-8-19)18-15(20)14-10(2)12-9-11(17)5-6-13(12)21-14/h5-6,9,19H,4,7-8H2,1-3H3,(H,18,20). The lowest BCUT2D eigenvalue weighted by Crippen LogP contribution is -2.46. The highest BCUT2D eigenvalue weighted by atomic mass is 19.1. The molecule has 1 unspecified atom stereocenters. The van der Waals surface area contributed by atoms with Crippen molar-refractivity contribution in [2.24, 2.45) is 0 Å². The SMILES string of the molecule is CCC(C)(CCO)NC(=O)c1oc2ccc(F)cc2c1C. The third-order valence-electron chi connectivity index (χ3n) is 3.96. The fraction of sp³-hybridized carbons (Fsp3) is 0.438. The van der Waals surface area contributed by atoms with E-state index < -0.39 is 5.54 Å². The minimum absolute atomic E-state index is 0.00502. The maximum Gasteiger partial charge on any atom is 0.287 e. The summed E-state index contributed by atoms with van der Waals surface area (Å²) in [5.41, 5.74) is 0.603. The van der Waals surface area contributed by atoms with Gasteiger partial charge in [-0.05, 0) is 44.9 Å². The molecule has 5 heteroatoms. The summed E-state index contributed by atoms with van der Waals surface area (Å²) in [6.07, 6.45) is 1.15. The second-order valence-corrected chi connectivity index (χ2v) is 5.54. The number of benzene rings is 1. The first-order valence-electron chi connectivity index (χ1n) is 7.02. The summed E-state index contributed by atoms with van der Waals surface area (Å²) in [7, 11) is 0. The van der Waals surface area contributed by atoms with E-state index in [9.17, 15) is 9.18 Å². The van der Waals surface area contributed by atoms with Crippen LogP contribution in [0.1, 0.15) is 42.8 Å². The number of fused-ring (bicyclic) bond motifs is 1. The molecule has 0 aliphatic rings. The smallest absolute Gasteiger partial charge is 0.287 e. The average molecular weight is 293 g/mol. The van der Waals surface area contributed by atoms with Gasteiger partial charge in [0, 0.05) is 23.1 Å². The van der Waals surface area contributed by atoms with Crippen LogP contribution in [0.15, 0.2) is 22.6 Å². The summed E-state index contributed by atoms with van der Waals surface area (Å²) in [5, 5.41) is 12.6. The van der Waals surface area contributed by atoms with Gasteiger partial charge in [0.2, 0.25) is 0 Å². The number of aliphatic hydroxyl groups excluding tert-OH is 1. The normalized spacial score (nSPS) is 14.1. The predicted octanol–water partition coefficient (Wildman–Crippen LogP) is 3.16. The Morgan fingerprint density at radius 3 is 2.81 bits per heavy atom. The van der Waals surface area contributed by atoms with Crippen molar-refractivity contribution in [1.29, 1.82) is 0 Å². The fourth-order valence-electron chi connectivity index (χ4n) is 2.31. The van der Waals surface area contributed by atoms with Gasteiger partial charge >= 0.3 is 0 Å². The molecule has 0 bridgehead atoms. The molecule has 1 aromatic heterocycles. The van der Waals surface area contributed by atoms with Gasteiger partial charge in [0.25, 0.3) is 5.91 Å². The first kappa shape index (κ1) is 15.5. The lowest BCUT2D eigenvalue weighted by Gasteiger charge is -2.28. The number of furan rings is 1. The zero-order valence-corrected chi connectivity index (χ0v) is 12.5. The van der Waals surface area contributed by atoms with Crippen LogP contribution in [0, 0.1) is 12.7 Å². The van der Waals surface area contributed by atoms with Crippen molar-refractivity contribution >= 4 is 16.9 Å². The highest BCUT2D eigenvalue weighted by Crippen LogP contribution is 2.26. The second-order valence-electron chi connectivity index (χ2n) is 5.54. The quantitative estimate of drug-likeness (QED) is 0.890. The van der Waals surface area contributed by atoms with E-state index in [0.717, 1.165) is 0 Å². The number of rotatable bonds is 5. The molecule has 0 saturated carbocycles. The Kier molecular flexibility index (Phi) is 4.32. The van der Waals surface area contributed by atoms with Gasteiger partial charge in [-0.3, -0.25) is 4.79 Å². The van der Waals surface area contributed by atoms with Crippen LogP contribution in [-0.2, 0) is 0 Å². The highest BCUT2D eigenvalue weighted by molar-refractivity contribution is 5.99. The lowest BCUT2D eigenvalue weighted by atomic mass is 9.94. The zero-order chi connectivity index (χ0) is 15.6. The molecule has 1 aromatic carbocycles. The summed E-state index contributed by atoms with van der Waals surface area (Å²) < 4.78 is 18.8. The van der Waals surface area contributed by atoms with E-state index in [1.54, 1.807) is 6.92 Å². The molecule has 2 N–H and O–H groups in total. The number of hydrogen-bond acceptors (Lipinski definition) is 3. The molecule has 0 spiro atoms. The maximum absolute atomic E-state index is 13.3. The number of aryl methyl sites for hydroxylation is 1. The van der Waals surface area contributed by atoms with E-state index in [0.29, 0.717) is 29.4 Å². The summed E-state index contributed by atoms with van der Waals surface area (Å²) in [4.78, 5) is 12.4. The fourth-order valence-corrected chi connectivity index (χ4v) is 2.31. The summed E-state index contributed by atoms with van der Waals surface area (Å²) in [6, 6.07) is 4.17. The molecule has 1 heterocycles. The number of aliphatic hydroxyl groups is 1.